The number of carbonyl (C=O) groups is 1. The average Bonchev–Trinajstić information content (AvgIpc) is 2.47. The number of aromatic nitrogens is 1. The first-order chi connectivity index (χ1) is 9.68. The molecule has 1 aromatic heterocycles. The number of benzene rings is 2. The number of rotatable bonds is 2. The number of fused-ring (bicyclic) bond motifs is 1. The zero-order chi connectivity index (χ0) is 14.1. The first-order valence-electron chi connectivity index (χ1n) is 6.05. The van der Waals surface area contributed by atoms with Crippen LogP contribution in [0.2, 0.25) is 5.15 Å². The van der Waals surface area contributed by atoms with E-state index in [0.29, 0.717) is 11.1 Å². The zero-order valence-electron chi connectivity index (χ0n) is 10.4. The number of carboxylic acids is 1. The van der Waals surface area contributed by atoms with E-state index in [-0.39, 0.29) is 10.7 Å². The van der Waals surface area contributed by atoms with Crippen molar-refractivity contribution in [3.8, 4) is 11.3 Å². The van der Waals surface area contributed by atoms with Crippen LogP contribution in [0.4, 0.5) is 0 Å². The second kappa shape index (κ2) is 4.94. The highest BCUT2D eigenvalue weighted by Crippen LogP contribution is 2.32. The Balaban J connectivity index is 2.41. The lowest BCUT2D eigenvalue weighted by molar-refractivity contribution is 0.0699. The molecule has 0 saturated carbocycles. The van der Waals surface area contributed by atoms with Crippen molar-refractivity contribution in [2.75, 3.05) is 0 Å². The van der Waals surface area contributed by atoms with Crippen molar-refractivity contribution in [2.24, 2.45) is 0 Å². The molecule has 3 aromatic rings. The van der Waals surface area contributed by atoms with Crippen molar-refractivity contribution >= 4 is 28.3 Å². The molecule has 0 unspecified atom stereocenters. The van der Waals surface area contributed by atoms with Crippen LogP contribution in [0.15, 0.2) is 54.6 Å². The summed E-state index contributed by atoms with van der Waals surface area (Å²) in [5.74, 6) is -1.07. The molecule has 1 N–H and O–H groups in total. The van der Waals surface area contributed by atoms with Crippen LogP contribution in [0.25, 0.3) is 22.0 Å². The Bertz CT molecular complexity index is 800. The highest BCUT2D eigenvalue weighted by Gasteiger charge is 2.18. The highest BCUT2D eigenvalue weighted by atomic mass is 35.5. The maximum atomic E-state index is 11.4. The molecule has 0 atom stereocenters. The average molecular weight is 284 g/mol. The smallest absolute Gasteiger partial charge is 0.339 e. The molecule has 0 bridgehead atoms. The summed E-state index contributed by atoms with van der Waals surface area (Å²) in [7, 11) is 0. The van der Waals surface area contributed by atoms with E-state index in [4.69, 9.17) is 11.6 Å². The summed E-state index contributed by atoms with van der Waals surface area (Å²) in [6, 6.07) is 16.8. The molecule has 0 aliphatic rings. The van der Waals surface area contributed by atoms with Gasteiger partial charge in [-0.05, 0) is 0 Å². The number of hydrogen-bond donors (Lipinski definition) is 1. The third kappa shape index (κ3) is 2.02. The van der Waals surface area contributed by atoms with Gasteiger partial charge in [0.05, 0.1) is 5.69 Å². The summed E-state index contributed by atoms with van der Waals surface area (Å²) >= 11 is 6.06. The Morgan fingerprint density at radius 3 is 2.20 bits per heavy atom. The van der Waals surface area contributed by atoms with Crippen molar-refractivity contribution in [2.45, 2.75) is 0 Å². The van der Waals surface area contributed by atoms with Crippen LogP contribution in [0, 0.1) is 0 Å². The quantitative estimate of drug-likeness (QED) is 0.715. The van der Waals surface area contributed by atoms with E-state index in [1.165, 1.54) is 0 Å². The molecule has 0 aliphatic heterocycles. The fourth-order valence-corrected chi connectivity index (χ4v) is 2.52. The lowest BCUT2D eigenvalue weighted by Gasteiger charge is -2.10. The van der Waals surface area contributed by atoms with E-state index in [2.05, 4.69) is 4.98 Å². The molecule has 4 heteroatoms. The predicted octanol–water partition coefficient (Wildman–Crippen LogP) is 4.25. The molecule has 1 heterocycles. The number of nitrogens with zero attached hydrogens (tertiary/aromatic N) is 1. The molecule has 0 fully saturated rings. The van der Waals surface area contributed by atoms with E-state index in [1.54, 1.807) is 12.1 Å². The van der Waals surface area contributed by atoms with Crippen LogP contribution in [0.1, 0.15) is 10.4 Å². The van der Waals surface area contributed by atoms with Crippen LogP contribution in [-0.2, 0) is 0 Å². The minimum atomic E-state index is -1.07. The van der Waals surface area contributed by atoms with E-state index in [9.17, 15) is 9.90 Å². The van der Waals surface area contributed by atoms with Crippen molar-refractivity contribution in [1.82, 2.24) is 4.98 Å². The molecule has 3 rings (SSSR count). The van der Waals surface area contributed by atoms with Crippen molar-refractivity contribution in [3.05, 3.63) is 65.3 Å². The second-order valence-electron chi connectivity index (χ2n) is 4.34. The van der Waals surface area contributed by atoms with Crippen LogP contribution in [0.5, 0.6) is 0 Å². The van der Waals surface area contributed by atoms with Gasteiger partial charge in [0, 0.05) is 16.3 Å². The Morgan fingerprint density at radius 1 is 0.950 bits per heavy atom. The normalized spacial score (nSPS) is 10.7. The number of aromatic carboxylic acids is 1. The third-order valence-electron chi connectivity index (χ3n) is 3.13. The van der Waals surface area contributed by atoms with Crippen LogP contribution in [0.3, 0.4) is 0 Å². The van der Waals surface area contributed by atoms with Gasteiger partial charge in [0.25, 0.3) is 0 Å². The molecule has 20 heavy (non-hydrogen) atoms. The van der Waals surface area contributed by atoms with Gasteiger partial charge >= 0.3 is 5.97 Å². The molecule has 0 spiro atoms. The summed E-state index contributed by atoms with van der Waals surface area (Å²) in [4.78, 5) is 15.6. The minimum absolute atomic E-state index is 0.00931. The minimum Gasteiger partial charge on any atom is -0.478 e. The van der Waals surface area contributed by atoms with Gasteiger partial charge in [-0.2, -0.15) is 0 Å². The largest absolute Gasteiger partial charge is 0.478 e. The Kier molecular flexibility index (Phi) is 3.12. The van der Waals surface area contributed by atoms with Gasteiger partial charge in [0.15, 0.2) is 0 Å². The van der Waals surface area contributed by atoms with Gasteiger partial charge in [-0.25, -0.2) is 9.78 Å². The van der Waals surface area contributed by atoms with Crippen LogP contribution < -0.4 is 0 Å². The number of carboxylic acid groups (broad SMARTS) is 1. The van der Waals surface area contributed by atoms with Gasteiger partial charge in [-0.1, -0.05) is 66.2 Å². The van der Waals surface area contributed by atoms with Crippen molar-refractivity contribution in [3.63, 3.8) is 0 Å². The summed E-state index contributed by atoms with van der Waals surface area (Å²) in [6.07, 6.45) is 0. The predicted molar refractivity (Wildman–Crippen MR) is 79.1 cm³/mol. The van der Waals surface area contributed by atoms with Gasteiger partial charge in [-0.15, -0.1) is 0 Å². The summed E-state index contributed by atoms with van der Waals surface area (Å²) in [6.45, 7) is 0. The summed E-state index contributed by atoms with van der Waals surface area (Å²) < 4.78 is 0. The van der Waals surface area contributed by atoms with Gasteiger partial charge in [0.1, 0.15) is 10.7 Å². The fourth-order valence-electron chi connectivity index (χ4n) is 2.25. The lowest BCUT2D eigenvalue weighted by Crippen LogP contribution is -2.02. The number of pyridine rings is 1. The van der Waals surface area contributed by atoms with Crippen molar-refractivity contribution in [1.29, 1.82) is 0 Å². The van der Waals surface area contributed by atoms with Crippen LogP contribution in [-0.4, -0.2) is 16.1 Å². The van der Waals surface area contributed by atoms with E-state index < -0.39 is 5.97 Å². The zero-order valence-corrected chi connectivity index (χ0v) is 11.1. The standard InChI is InChI=1S/C16H10ClNO2/c17-15-13(16(19)20)11-8-4-5-9-12(11)14(18-15)10-6-2-1-3-7-10/h1-9H,(H,19,20). The monoisotopic (exact) mass is 283 g/mol. The first-order valence-corrected chi connectivity index (χ1v) is 6.43. The van der Waals surface area contributed by atoms with Gasteiger partial charge in [0.2, 0.25) is 0 Å². The number of halogens is 1. The Morgan fingerprint density at radius 2 is 1.55 bits per heavy atom. The molecule has 0 radical (unpaired) electrons. The maximum Gasteiger partial charge on any atom is 0.339 e. The molecular formula is C16H10ClNO2. The molecular weight excluding hydrogens is 274 g/mol. The van der Waals surface area contributed by atoms with Gasteiger partial charge in [-0.3, -0.25) is 0 Å². The highest BCUT2D eigenvalue weighted by molar-refractivity contribution is 6.34. The van der Waals surface area contributed by atoms with E-state index >= 15 is 0 Å². The lowest BCUT2D eigenvalue weighted by atomic mass is 10.0. The second-order valence-corrected chi connectivity index (χ2v) is 4.70. The maximum absolute atomic E-state index is 11.4. The van der Waals surface area contributed by atoms with E-state index in [0.717, 1.165) is 10.9 Å². The van der Waals surface area contributed by atoms with Crippen molar-refractivity contribution < 1.29 is 9.90 Å². The first kappa shape index (κ1) is 12.6. The number of hydrogen-bond acceptors (Lipinski definition) is 2. The molecule has 0 saturated heterocycles. The summed E-state index contributed by atoms with van der Waals surface area (Å²) in [5.41, 5.74) is 1.64. The molecule has 2 aromatic carbocycles. The topological polar surface area (TPSA) is 50.2 Å². The van der Waals surface area contributed by atoms with Gasteiger partial charge < -0.3 is 5.11 Å². The third-order valence-corrected chi connectivity index (χ3v) is 3.40. The Hall–Kier alpha value is -2.39. The summed E-state index contributed by atoms with van der Waals surface area (Å²) in [5, 5.41) is 10.7. The Labute approximate surface area is 120 Å². The molecule has 3 nitrogen and oxygen atoms in total. The fraction of sp³-hybridized carbons (Fsp3) is 0. The molecule has 0 aliphatic carbocycles. The molecule has 0 amide bonds. The van der Waals surface area contributed by atoms with E-state index in [1.807, 2.05) is 42.5 Å². The SMILES string of the molecule is O=C(O)c1c(Cl)nc(-c2ccccc2)c2ccccc12. The molecule has 98 valence electrons. The van der Waals surface area contributed by atoms with Crippen LogP contribution >= 0.6 is 11.6 Å².